The standard InChI is InChI=1S/C19H25N3OS/c1-14-8-9-17(13-15(14)2)21-19(24)22(11-12-23-4)16(3)18-7-5-6-10-20-18/h5-10,13,16H,11-12H2,1-4H3,(H,21,24)/t16-/m0/s1. The second-order valence-electron chi connectivity index (χ2n) is 5.85. The van der Waals surface area contributed by atoms with Gasteiger partial charge in [-0.25, -0.2) is 0 Å². The third-order valence-electron chi connectivity index (χ3n) is 4.14. The van der Waals surface area contributed by atoms with E-state index in [2.05, 4.69) is 54.2 Å². The van der Waals surface area contributed by atoms with Crippen molar-refractivity contribution in [1.29, 1.82) is 0 Å². The zero-order valence-electron chi connectivity index (χ0n) is 14.7. The van der Waals surface area contributed by atoms with Crippen LogP contribution in [0.2, 0.25) is 0 Å². The molecule has 1 N–H and O–H groups in total. The van der Waals surface area contributed by atoms with Crippen molar-refractivity contribution in [2.45, 2.75) is 26.8 Å². The molecule has 2 rings (SSSR count). The summed E-state index contributed by atoms with van der Waals surface area (Å²) in [6, 6.07) is 12.3. The van der Waals surface area contributed by atoms with Gasteiger partial charge in [-0.15, -0.1) is 0 Å². The van der Waals surface area contributed by atoms with E-state index in [4.69, 9.17) is 17.0 Å². The molecule has 0 saturated heterocycles. The van der Waals surface area contributed by atoms with Crippen molar-refractivity contribution in [3.05, 3.63) is 59.4 Å². The molecule has 0 saturated carbocycles. The Morgan fingerprint density at radius 3 is 2.67 bits per heavy atom. The number of nitrogens with one attached hydrogen (secondary N) is 1. The molecule has 4 nitrogen and oxygen atoms in total. The fourth-order valence-corrected chi connectivity index (χ4v) is 2.83. The lowest BCUT2D eigenvalue weighted by Crippen LogP contribution is -2.39. The van der Waals surface area contributed by atoms with Crippen LogP contribution in [0.5, 0.6) is 0 Å². The molecule has 1 aromatic heterocycles. The molecule has 5 heteroatoms. The van der Waals surface area contributed by atoms with Crippen LogP contribution in [0.25, 0.3) is 0 Å². The van der Waals surface area contributed by atoms with Crippen LogP contribution < -0.4 is 5.32 Å². The third kappa shape index (κ3) is 4.76. The van der Waals surface area contributed by atoms with E-state index < -0.39 is 0 Å². The van der Waals surface area contributed by atoms with Crippen LogP contribution in [0.4, 0.5) is 5.69 Å². The fourth-order valence-electron chi connectivity index (χ4n) is 2.46. The number of anilines is 1. The number of aromatic nitrogens is 1. The molecular weight excluding hydrogens is 318 g/mol. The number of ether oxygens (including phenoxy) is 1. The number of pyridine rings is 1. The van der Waals surface area contributed by atoms with Crippen molar-refractivity contribution < 1.29 is 4.74 Å². The molecule has 2 aromatic rings. The van der Waals surface area contributed by atoms with Crippen molar-refractivity contribution >= 4 is 23.0 Å². The van der Waals surface area contributed by atoms with Crippen molar-refractivity contribution in [2.75, 3.05) is 25.6 Å². The predicted molar refractivity (Wildman–Crippen MR) is 103 cm³/mol. The van der Waals surface area contributed by atoms with Gasteiger partial charge >= 0.3 is 0 Å². The number of benzene rings is 1. The highest BCUT2D eigenvalue weighted by Crippen LogP contribution is 2.20. The maximum absolute atomic E-state index is 5.65. The van der Waals surface area contributed by atoms with Crippen molar-refractivity contribution in [3.8, 4) is 0 Å². The highest BCUT2D eigenvalue weighted by Gasteiger charge is 2.19. The van der Waals surface area contributed by atoms with E-state index in [-0.39, 0.29) is 6.04 Å². The summed E-state index contributed by atoms with van der Waals surface area (Å²) in [4.78, 5) is 6.56. The largest absolute Gasteiger partial charge is 0.383 e. The lowest BCUT2D eigenvalue weighted by atomic mass is 10.1. The van der Waals surface area contributed by atoms with Gasteiger partial charge in [0.05, 0.1) is 18.3 Å². The van der Waals surface area contributed by atoms with E-state index in [0.29, 0.717) is 18.3 Å². The predicted octanol–water partition coefficient (Wildman–Crippen LogP) is 4.10. The minimum absolute atomic E-state index is 0.0629. The first-order valence-corrected chi connectivity index (χ1v) is 8.48. The maximum atomic E-state index is 5.65. The van der Waals surface area contributed by atoms with E-state index in [0.717, 1.165) is 11.4 Å². The molecule has 0 fully saturated rings. The normalized spacial score (nSPS) is 11.8. The second-order valence-corrected chi connectivity index (χ2v) is 6.23. The summed E-state index contributed by atoms with van der Waals surface area (Å²) in [6.45, 7) is 7.61. The summed E-state index contributed by atoms with van der Waals surface area (Å²) in [6.07, 6.45) is 1.81. The first-order chi connectivity index (χ1) is 11.5. The van der Waals surface area contributed by atoms with Gasteiger partial charge in [0, 0.05) is 25.5 Å². The lowest BCUT2D eigenvalue weighted by molar-refractivity contribution is 0.164. The molecule has 0 spiro atoms. The zero-order chi connectivity index (χ0) is 17.5. The van der Waals surface area contributed by atoms with Gasteiger partial charge in [0.1, 0.15) is 0 Å². The van der Waals surface area contributed by atoms with Gasteiger partial charge in [0.2, 0.25) is 0 Å². The van der Waals surface area contributed by atoms with Crippen LogP contribution in [-0.2, 0) is 4.74 Å². The number of thiocarbonyl (C=S) groups is 1. The summed E-state index contributed by atoms with van der Waals surface area (Å²) < 4.78 is 5.24. The monoisotopic (exact) mass is 343 g/mol. The molecule has 0 aliphatic heterocycles. The number of methoxy groups -OCH3 is 1. The van der Waals surface area contributed by atoms with E-state index in [1.165, 1.54) is 11.1 Å². The highest BCUT2D eigenvalue weighted by molar-refractivity contribution is 7.80. The maximum Gasteiger partial charge on any atom is 0.174 e. The minimum Gasteiger partial charge on any atom is -0.383 e. The van der Waals surface area contributed by atoms with Gasteiger partial charge in [-0.1, -0.05) is 12.1 Å². The number of nitrogens with zero attached hydrogens (tertiary/aromatic N) is 2. The van der Waals surface area contributed by atoms with Crippen LogP contribution in [-0.4, -0.2) is 35.3 Å². The molecule has 24 heavy (non-hydrogen) atoms. The number of aryl methyl sites for hydroxylation is 2. The molecule has 1 aromatic carbocycles. The van der Waals surface area contributed by atoms with E-state index >= 15 is 0 Å². The minimum atomic E-state index is 0.0629. The average Bonchev–Trinajstić information content (AvgIpc) is 2.59. The van der Waals surface area contributed by atoms with Gasteiger partial charge in [0.15, 0.2) is 5.11 Å². The van der Waals surface area contributed by atoms with Crippen molar-refractivity contribution in [2.24, 2.45) is 0 Å². The van der Waals surface area contributed by atoms with Crippen molar-refractivity contribution in [3.63, 3.8) is 0 Å². The van der Waals surface area contributed by atoms with Gasteiger partial charge in [-0.2, -0.15) is 0 Å². The fraction of sp³-hybridized carbons (Fsp3) is 0.368. The first-order valence-electron chi connectivity index (χ1n) is 8.07. The molecule has 1 heterocycles. The summed E-state index contributed by atoms with van der Waals surface area (Å²) in [5.74, 6) is 0. The van der Waals surface area contributed by atoms with Gasteiger partial charge in [-0.05, 0) is 68.4 Å². The second kappa shape index (κ2) is 8.76. The molecular formula is C19H25N3OS. The number of hydrogen-bond donors (Lipinski definition) is 1. The molecule has 128 valence electrons. The summed E-state index contributed by atoms with van der Waals surface area (Å²) in [7, 11) is 1.70. The Labute approximate surface area is 149 Å². The summed E-state index contributed by atoms with van der Waals surface area (Å²) in [5.41, 5.74) is 4.49. The number of rotatable bonds is 6. The van der Waals surface area contributed by atoms with Crippen LogP contribution >= 0.6 is 12.2 Å². The van der Waals surface area contributed by atoms with Crippen LogP contribution in [0.15, 0.2) is 42.6 Å². The van der Waals surface area contributed by atoms with Crippen LogP contribution in [0.3, 0.4) is 0 Å². The topological polar surface area (TPSA) is 37.4 Å². The smallest absolute Gasteiger partial charge is 0.174 e. The molecule has 0 bridgehead atoms. The first kappa shape index (κ1) is 18.4. The molecule has 0 unspecified atom stereocenters. The highest BCUT2D eigenvalue weighted by atomic mass is 32.1. The van der Waals surface area contributed by atoms with Crippen LogP contribution in [0, 0.1) is 13.8 Å². The molecule has 0 aliphatic rings. The Morgan fingerprint density at radius 2 is 2.04 bits per heavy atom. The molecule has 1 atom stereocenters. The van der Waals surface area contributed by atoms with Gasteiger partial charge < -0.3 is 15.0 Å². The third-order valence-corrected chi connectivity index (χ3v) is 4.48. The van der Waals surface area contributed by atoms with E-state index in [1.807, 2.05) is 18.2 Å². The molecule has 0 amide bonds. The summed E-state index contributed by atoms with van der Waals surface area (Å²) >= 11 is 5.65. The van der Waals surface area contributed by atoms with E-state index in [1.54, 1.807) is 13.3 Å². The Kier molecular flexibility index (Phi) is 6.70. The van der Waals surface area contributed by atoms with Crippen LogP contribution in [0.1, 0.15) is 29.8 Å². The molecule has 0 aliphatic carbocycles. The number of hydrogen-bond acceptors (Lipinski definition) is 3. The quantitative estimate of drug-likeness (QED) is 0.799. The Morgan fingerprint density at radius 1 is 1.25 bits per heavy atom. The van der Waals surface area contributed by atoms with Gasteiger partial charge in [-0.3, -0.25) is 4.98 Å². The SMILES string of the molecule is COCCN(C(=S)Nc1ccc(C)c(C)c1)[C@@H](C)c1ccccn1. The Bertz CT molecular complexity index is 676. The van der Waals surface area contributed by atoms with Crippen molar-refractivity contribution in [1.82, 2.24) is 9.88 Å². The lowest BCUT2D eigenvalue weighted by Gasteiger charge is -2.31. The Balaban J connectivity index is 2.16. The van der Waals surface area contributed by atoms with Gasteiger partial charge in [0.25, 0.3) is 0 Å². The summed E-state index contributed by atoms with van der Waals surface area (Å²) in [5, 5.41) is 4.02. The Hall–Kier alpha value is -1.98. The zero-order valence-corrected chi connectivity index (χ0v) is 15.6. The van der Waals surface area contributed by atoms with E-state index in [9.17, 15) is 0 Å². The average molecular weight is 343 g/mol. The molecule has 0 radical (unpaired) electrons.